The molecule has 0 aliphatic carbocycles. The van der Waals surface area contributed by atoms with Crippen molar-refractivity contribution in [2.75, 3.05) is 13.2 Å². The number of halogens is 2. The van der Waals surface area contributed by atoms with E-state index >= 15 is 0 Å². The molecule has 2 rings (SSSR count). The van der Waals surface area contributed by atoms with Crippen LogP contribution >= 0.6 is 23.2 Å². The van der Waals surface area contributed by atoms with Gasteiger partial charge < -0.3 is 15.0 Å². The summed E-state index contributed by atoms with van der Waals surface area (Å²) in [6, 6.07) is 13.6. The van der Waals surface area contributed by atoms with E-state index in [1.165, 1.54) is 4.90 Å². The van der Waals surface area contributed by atoms with Gasteiger partial charge in [0.05, 0.1) is 5.02 Å². The minimum Gasteiger partial charge on any atom is -0.482 e. The van der Waals surface area contributed by atoms with Crippen molar-refractivity contribution in [2.45, 2.75) is 45.7 Å². The third-order valence-electron chi connectivity index (χ3n) is 4.70. The van der Waals surface area contributed by atoms with Crippen LogP contribution in [0.5, 0.6) is 5.75 Å². The molecule has 162 valence electrons. The van der Waals surface area contributed by atoms with E-state index in [1.54, 1.807) is 30.3 Å². The van der Waals surface area contributed by atoms with Crippen molar-refractivity contribution in [1.29, 1.82) is 0 Å². The minimum atomic E-state index is -0.625. The molecule has 0 bridgehead atoms. The van der Waals surface area contributed by atoms with E-state index in [1.807, 2.05) is 25.1 Å². The zero-order valence-corrected chi connectivity index (χ0v) is 18.9. The standard InChI is InChI=1S/C23H28Cl2N2O3/c1-3-5-14-26-23(29)20(4-2)27(15-17-10-6-7-11-18(17)24)22(28)16-30-21-13-9-8-12-19(21)25/h6-13,20H,3-5,14-16H2,1-2H3,(H,26,29)/t20-/m1/s1. The van der Waals surface area contributed by atoms with Crippen molar-refractivity contribution in [3.8, 4) is 5.75 Å². The van der Waals surface area contributed by atoms with Crippen LogP contribution in [0.3, 0.4) is 0 Å². The summed E-state index contributed by atoms with van der Waals surface area (Å²) < 4.78 is 5.63. The van der Waals surface area contributed by atoms with Crippen LogP contribution in [-0.4, -0.2) is 35.9 Å². The van der Waals surface area contributed by atoms with E-state index in [4.69, 9.17) is 27.9 Å². The molecule has 0 heterocycles. The number of rotatable bonds is 11. The lowest BCUT2D eigenvalue weighted by molar-refractivity contribution is -0.143. The highest BCUT2D eigenvalue weighted by Gasteiger charge is 2.29. The number of nitrogens with zero attached hydrogens (tertiary/aromatic N) is 1. The lowest BCUT2D eigenvalue weighted by Gasteiger charge is -2.31. The Morgan fingerprint density at radius 3 is 2.33 bits per heavy atom. The fourth-order valence-corrected chi connectivity index (χ4v) is 3.41. The highest BCUT2D eigenvalue weighted by molar-refractivity contribution is 6.32. The first-order chi connectivity index (χ1) is 14.5. The minimum absolute atomic E-state index is 0.177. The Morgan fingerprint density at radius 1 is 1.03 bits per heavy atom. The van der Waals surface area contributed by atoms with Crippen LogP contribution < -0.4 is 10.1 Å². The summed E-state index contributed by atoms with van der Waals surface area (Å²) in [5.41, 5.74) is 0.769. The van der Waals surface area contributed by atoms with Crippen LogP contribution in [0.1, 0.15) is 38.7 Å². The number of ether oxygens (including phenoxy) is 1. The van der Waals surface area contributed by atoms with Crippen molar-refractivity contribution < 1.29 is 14.3 Å². The topological polar surface area (TPSA) is 58.6 Å². The van der Waals surface area contributed by atoms with Gasteiger partial charge in [-0.2, -0.15) is 0 Å². The molecule has 0 saturated heterocycles. The summed E-state index contributed by atoms with van der Waals surface area (Å²) in [5.74, 6) is -0.0675. The first-order valence-corrected chi connectivity index (χ1v) is 10.9. The maximum absolute atomic E-state index is 13.1. The van der Waals surface area contributed by atoms with E-state index in [0.29, 0.717) is 28.8 Å². The van der Waals surface area contributed by atoms with E-state index in [9.17, 15) is 9.59 Å². The summed E-state index contributed by atoms with van der Waals surface area (Å²) >= 11 is 12.4. The second kappa shape index (κ2) is 12.5. The van der Waals surface area contributed by atoms with Gasteiger partial charge in [-0.3, -0.25) is 9.59 Å². The fourth-order valence-electron chi connectivity index (χ4n) is 3.02. The van der Waals surface area contributed by atoms with Gasteiger partial charge in [0.25, 0.3) is 5.91 Å². The lowest BCUT2D eigenvalue weighted by atomic mass is 10.1. The molecule has 0 saturated carbocycles. The highest BCUT2D eigenvalue weighted by atomic mass is 35.5. The van der Waals surface area contributed by atoms with Crippen molar-refractivity contribution in [2.24, 2.45) is 0 Å². The third kappa shape index (κ3) is 6.92. The number of hydrogen-bond donors (Lipinski definition) is 1. The van der Waals surface area contributed by atoms with Crippen LogP contribution in [0.15, 0.2) is 48.5 Å². The van der Waals surface area contributed by atoms with E-state index in [0.717, 1.165) is 18.4 Å². The Labute approximate surface area is 188 Å². The predicted octanol–water partition coefficient (Wildman–Crippen LogP) is 5.10. The SMILES string of the molecule is CCCCNC(=O)[C@@H](CC)N(Cc1ccccc1Cl)C(=O)COc1ccccc1Cl. The van der Waals surface area contributed by atoms with Crippen LogP contribution in [0.25, 0.3) is 0 Å². The summed E-state index contributed by atoms with van der Waals surface area (Å²) in [7, 11) is 0. The van der Waals surface area contributed by atoms with Gasteiger partial charge in [-0.1, -0.05) is 73.8 Å². The molecule has 2 aromatic rings. The molecular formula is C23H28Cl2N2O3. The molecule has 0 radical (unpaired) electrons. The van der Waals surface area contributed by atoms with Gasteiger partial charge in [0.2, 0.25) is 5.91 Å². The molecule has 30 heavy (non-hydrogen) atoms. The molecule has 0 aromatic heterocycles. The summed E-state index contributed by atoms with van der Waals surface area (Å²) in [4.78, 5) is 27.4. The summed E-state index contributed by atoms with van der Waals surface area (Å²) in [5, 5.41) is 3.89. The number of para-hydroxylation sites is 1. The number of unbranched alkanes of at least 4 members (excludes halogenated alkanes) is 1. The fraction of sp³-hybridized carbons (Fsp3) is 0.391. The highest BCUT2D eigenvalue weighted by Crippen LogP contribution is 2.24. The van der Waals surface area contributed by atoms with Gasteiger partial charge in [-0.15, -0.1) is 0 Å². The average molecular weight is 451 g/mol. The van der Waals surface area contributed by atoms with Crippen LogP contribution in [-0.2, 0) is 16.1 Å². The maximum Gasteiger partial charge on any atom is 0.261 e. The normalized spacial score (nSPS) is 11.6. The third-order valence-corrected chi connectivity index (χ3v) is 5.38. The number of nitrogens with one attached hydrogen (secondary N) is 1. The zero-order chi connectivity index (χ0) is 21.9. The molecule has 1 atom stereocenters. The average Bonchev–Trinajstić information content (AvgIpc) is 2.74. The maximum atomic E-state index is 13.1. The quantitative estimate of drug-likeness (QED) is 0.484. The second-order valence-electron chi connectivity index (χ2n) is 6.90. The number of carbonyl (C=O) groups is 2. The largest absolute Gasteiger partial charge is 0.482 e. The first kappa shape index (κ1) is 24.0. The summed E-state index contributed by atoms with van der Waals surface area (Å²) in [6.45, 7) is 4.50. The molecule has 0 unspecified atom stereocenters. The zero-order valence-electron chi connectivity index (χ0n) is 17.4. The predicted molar refractivity (Wildman–Crippen MR) is 121 cm³/mol. The van der Waals surface area contributed by atoms with Crippen molar-refractivity contribution in [3.63, 3.8) is 0 Å². The van der Waals surface area contributed by atoms with Crippen LogP contribution in [0.2, 0.25) is 10.0 Å². The van der Waals surface area contributed by atoms with Crippen LogP contribution in [0, 0.1) is 0 Å². The second-order valence-corrected chi connectivity index (χ2v) is 7.72. The molecule has 0 fully saturated rings. The first-order valence-electron chi connectivity index (χ1n) is 10.2. The van der Waals surface area contributed by atoms with E-state index in [-0.39, 0.29) is 25.0 Å². The Hall–Kier alpha value is -2.24. The van der Waals surface area contributed by atoms with E-state index in [2.05, 4.69) is 12.2 Å². The van der Waals surface area contributed by atoms with Crippen LogP contribution in [0.4, 0.5) is 0 Å². The number of amides is 2. The molecule has 2 amide bonds. The summed E-state index contributed by atoms with van der Waals surface area (Å²) in [6.07, 6.45) is 2.33. The Morgan fingerprint density at radius 2 is 1.70 bits per heavy atom. The Kier molecular flexibility index (Phi) is 9.98. The molecule has 7 heteroatoms. The molecule has 0 aliphatic heterocycles. The van der Waals surface area contributed by atoms with Gasteiger partial charge in [-0.25, -0.2) is 0 Å². The number of hydrogen-bond acceptors (Lipinski definition) is 3. The molecule has 0 aliphatic rings. The van der Waals surface area contributed by atoms with Gasteiger partial charge in [-0.05, 0) is 36.6 Å². The van der Waals surface area contributed by atoms with Gasteiger partial charge in [0, 0.05) is 18.1 Å². The molecular weight excluding hydrogens is 423 g/mol. The van der Waals surface area contributed by atoms with Crippen molar-refractivity contribution in [3.05, 3.63) is 64.1 Å². The molecule has 1 N–H and O–H groups in total. The van der Waals surface area contributed by atoms with Crippen molar-refractivity contribution in [1.82, 2.24) is 10.2 Å². The smallest absolute Gasteiger partial charge is 0.261 e. The Bertz CT molecular complexity index is 845. The van der Waals surface area contributed by atoms with Gasteiger partial charge in [0.1, 0.15) is 11.8 Å². The van der Waals surface area contributed by atoms with E-state index < -0.39 is 6.04 Å². The molecule has 0 spiro atoms. The monoisotopic (exact) mass is 450 g/mol. The molecule has 5 nitrogen and oxygen atoms in total. The Balaban J connectivity index is 2.20. The lowest BCUT2D eigenvalue weighted by Crippen LogP contribution is -2.50. The van der Waals surface area contributed by atoms with Crippen molar-refractivity contribution >= 4 is 35.0 Å². The number of benzene rings is 2. The van der Waals surface area contributed by atoms with Gasteiger partial charge in [0.15, 0.2) is 6.61 Å². The van der Waals surface area contributed by atoms with Gasteiger partial charge >= 0.3 is 0 Å². The molecule has 2 aromatic carbocycles. The number of carbonyl (C=O) groups excluding carboxylic acids is 2.